The Kier molecular flexibility index (Phi) is 13.5. The maximum absolute atomic E-state index is 11.5. The zero-order valence-electron chi connectivity index (χ0n) is 8.78. The summed E-state index contributed by atoms with van der Waals surface area (Å²) < 4.78 is 5.08. The number of hydrogen-bond donors (Lipinski definition) is 0. The van der Waals surface area contributed by atoms with Crippen LogP contribution in [0.3, 0.4) is 0 Å². The van der Waals surface area contributed by atoms with E-state index in [0.29, 0.717) is 11.9 Å². The van der Waals surface area contributed by atoms with Gasteiger partial charge in [-0.3, -0.25) is 0 Å². The van der Waals surface area contributed by atoms with E-state index in [9.17, 15) is 4.89 Å². The molecule has 6 heteroatoms. The number of hydrogen-bond acceptors (Lipinski definition) is 4. The summed E-state index contributed by atoms with van der Waals surface area (Å²) in [5, 5.41) is 0.324. The SMILES string of the molecule is CCCOP([O-])(=S)SC(C)CC.[K+]. The molecule has 0 rings (SSSR count). The second kappa shape index (κ2) is 9.76. The summed E-state index contributed by atoms with van der Waals surface area (Å²) in [7, 11) is 0. The van der Waals surface area contributed by atoms with E-state index in [1.165, 1.54) is 11.4 Å². The van der Waals surface area contributed by atoms with Crippen LogP contribution in [0.1, 0.15) is 33.6 Å². The molecular formula is C7H16KO2PS2. The molecule has 0 aromatic rings. The van der Waals surface area contributed by atoms with Crippen LogP contribution >= 0.6 is 17.1 Å². The summed E-state index contributed by atoms with van der Waals surface area (Å²) in [4.78, 5) is 11.5. The van der Waals surface area contributed by atoms with Gasteiger partial charge in [-0.2, -0.15) is 0 Å². The Hall–Kier alpha value is 2.56. The molecule has 0 aromatic carbocycles. The van der Waals surface area contributed by atoms with E-state index in [1.807, 2.05) is 20.8 Å². The van der Waals surface area contributed by atoms with Gasteiger partial charge >= 0.3 is 51.4 Å². The van der Waals surface area contributed by atoms with Gasteiger partial charge in [0.05, 0.1) is 6.61 Å². The molecule has 2 atom stereocenters. The van der Waals surface area contributed by atoms with Crippen LogP contribution in [0.25, 0.3) is 0 Å². The minimum absolute atomic E-state index is 0. The van der Waals surface area contributed by atoms with Crippen molar-refractivity contribution in [1.82, 2.24) is 0 Å². The molecule has 0 N–H and O–H groups in total. The Morgan fingerprint density at radius 2 is 2.08 bits per heavy atom. The average Bonchev–Trinajstić information content (AvgIpc) is 2.00. The Morgan fingerprint density at radius 3 is 2.46 bits per heavy atom. The molecule has 0 saturated carbocycles. The van der Waals surface area contributed by atoms with Gasteiger partial charge in [-0.05, 0) is 12.8 Å². The van der Waals surface area contributed by atoms with Crippen molar-refractivity contribution in [1.29, 1.82) is 0 Å². The smallest absolute Gasteiger partial charge is 0.793 e. The fraction of sp³-hybridized carbons (Fsp3) is 1.00. The first kappa shape index (κ1) is 17.9. The van der Waals surface area contributed by atoms with Gasteiger partial charge < -0.3 is 9.42 Å². The molecule has 0 spiro atoms. The van der Waals surface area contributed by atoms with E-state index in [4.69, 9.17) is 16.3 Å². The van der Waals surface area contributed by atoms with Gasteiger partial charge in [0.15, 0.2) is 0 Å². The van der Waals surface area contributed by atoms with Crippen molar-refractivity contribution < 1.29 is 60.8 Å². The molecule has 2 unspecified atom stereocenters. The Balaban J connectivity index is 0. The summed E-state index contributed by atoms with van der Waals surface area (Å²) in [6, 6.07) is 0. The van der Waals surface area contributed by atoms with Gasteiger partial charge in [-0.1, -0.05) is 32.6 Å². The van der Waals surface area contributed by atoms with Crippen molar-refractivity contribution in [3.63, 3.8) is 0 Å². The first-order chi connectivity index (χ1) is 5.52. The van der Waals surface area contributed by atoms with Crippen LogP contribution in [-0.4, -0.2) is 11.9 Å². The monoisotopic (exact) mass is 266 g/mol. The Bertz CT molecular complexity index is 169. The Labute approximate surface area is 133 Å². The van der Waals surface area contributed by atoms with Gasteiger partial charge in [0, 0.05) is 10.9 Å². The molecule has 0 amide bonds. The van der Waals surface area contributed by atoms with E-state index in [1.54, 1.807) is 0 Å². The largest absolute Gasteiger partial charge is 1.00 e. The van der Waals surface area contributed by atoms with Crippen LogP contribution in [0.2, 0.25) is 0 Å². The second-order valence-corrected chi connectivity index (χ2v) is 8.98. The Morgan fingerprint density at radius 1 is 1.54 bits per heavy atom. The first-order valence-corrected chi connectivity index (χ1v) is 8.28. The van der Waals surface area contributed by atoms with Crippen molar-refractivity contribution in [2.24, 2.45) is 0 Å². The topological polar surface area (TPSA) is 32.3 Å². The number of rotatable bonds is 6. The van der Waals surface area contributed by atoms with Crippen molar-refractivity contribution in [2.75, 3.05) is 6.61 Å². The minimum atomic E-state index is -2.78. The molecule has 13 heavy (non-hydrogen) atoms. The van der Waals surface area contributed by atoms with E-state index >= 15 is 0 Å². The molecule has 0 aliphatic carbocycles. The van der Waals surface area contributed by atoms with Gasteiger partial charge in [-0.25, -0.2) is 0 Å². The molecular weight excluding hydrogens is 250 g/mol. The van der Waals surface area contributed by atoms with E-state index in [2.05, 4.69) is 0 Å². The van der Waals surface area contributed by atoms with E-state index < -0.39 is 5.69 Å². The second-order valence-electron chi connectivity index (χ2n) is 2.60. The zero-order chi connectivity index (χ0) is 9.61. The molecule has 0 aliphatic heterocycles. The summed E-state index contributed by atoms with van der Waals surface area (Å²) in [6.07, 6.45) is 1.84. The molecule has 0 heterocycles. The molecule has 0 bridgehead atoms. The van der Waals surface area contributed by atoms with Gasteiger partial charge in [0.2, 0.25) is 0 Å². The van der Waals surface area contributed by atoms with Crippen LogP contribution in [-0.2, 0) is 16.3 Å². The van der Waals surface area contributed by atoms with Crippen LogP contribution in [0.15, 0.2) is 0 Å². The summed E-state index contributed by atoms with van der Waals surface area (Å²) in [5.74, 6) is 0. The average molecular weight is 266 g/mol. The predicted octanol–water partition coefficient (Wildman–Crippen LogP) is -0.466. The summed E-state index contributed by atoms with van der Waals surface area (Å²) in [5.41, 5.74) is -2.78. The van der Waals surface area contributed by atoms with E-state index in [0.717, 1.165) is 12.8 Å². The minimum Gasteiger partial charge on any atom is -0.793 e. The van der Waals surface area contributed by atoms with Crippen LogP contribution in [0, 0.1) is 0 Å². The summed E-state index contributed by atoms with van der Waals surface area (Å²) in [6.45, 7) is 6.54. The molecule has 0 radical (unpaired) electrons. The maximum Gasteiger partial charge on any atom is 1.00 e. The molecule has 0 saturated heterocycles. The molecule has 0 aliphatic rings. The van der Waals surface area contributed by atoms with Crippen molar-refractivity contribution in [3.8, 4) is 0 Å². The van der Waals surface area contributed by atoms with Crippen molar-refractivity contribution in [3.05, 3.63) is 0 Å². The van der Waals surface area contributed by atoms with E-state index in [-0.39, 0.29) is 51.4 Å². The van der Waals surface area contributed by atoms with Gasteiger partial charge in [-0.15, -0.1) is 11.4 Å². The fourth-order valence-corrected chi connectivity index (χ4v) is 5.31. The third-order valence-corrected chi connectivity index (χ3v) is 6.05. The predicted molar refractivity (Wildman–Crippen MR) is 57.9 cm³/mol. The van der Waals surface area contributed by atoms with Gasteiger partial charge in [0.25, 0.3) is 0 Å². The maximum atomic E-state index is 11.5. The van der Waals surface area contributed by atoms with Crippen LogP contribution in [0.4, 0.5) is 0 Å². The first-order valence-electron chi connectivity index (χ1n) is 4.15. The molecule has 0 fully saturated rings. The van der Waals surface area contributed by atoms with Crippen LogP contribution < -0.4 is 56.3 Å². The standard InChI is InChI=1S/C7H17O2PS2.K/c1-4-6-9-10(8,11)12-7(3)5-2;/h7H,4-6H2,1-3H3,(H,8,11);/q;+1/p-1. The fourth-order valence-electron chi connectivity index (χ4n) is 0.528. The van der Waals surface area contributed by atoms with Crippen molar-refractivity contribution >= 4 is 28.9 Å². The molecule has 74 valence electrons. The summed E-state index contributed by atoms with van der Waals surface area (Å²) >= 11 is 6.14. The molecule has 2 nitrogen and oxygen atoms in total. The third-order valence-electron chi connectivity index (χ3n) is 1.34. The third kappa shape index (κ3) is 10.8. The van der Waals surface area contributed by atoms with Gasteiger partial charge in [0.1, 0.15) is 0 Å². The molecule has 0 aromatic heterocycles. The zero-order valence-corrected chi connectivity index (χ0v) is 14.4. The normalized spacial score (nSPS) is 17.2. The van der Waals surface area contributed by atoms with Crippen molar-refractivity contribution in [2.45, 2.75) is 38.9 Å². The van der Waals surface area contributed by atoms with Crippen LogP contribution in [0.5, 0.6) is 0 Å². The quantitative estimate of drug-likeness (QED) is 0.481.